The van der Waals surface area contributed by atoms with E-state index in [1.807, 2.05) is 6.92 Å². The molecule has 0 amide bonds. The molecule has 3 nitrogen and oxygen atoms in total. The molecule has 13 heavy (non-hydrogen) atoms. The minimum atomic E-state index is -2.31. The van der Waals surface area contributed by atoms with E-state index in [9.17, 15) is 4.57 Å². The first-order valence-electron chi connectivity index (χ1n) is 5.04. The average Bonchev–Trinajstić information content (AvgIpc) is 2.95. The lowest BCUT2D eigenvalue weighted by molar-refractivity contribution is 0.263. The van der Waals surface area contributed by atoms with Gasteiger partial charge in [-0.3, -0.25) is 4.57 Å². The van der Waals surface area contributed by atoms with E-state index in [1.54, 1.807) is 0 Å². The monoisotopic (exact) mass is 206 g/mol. The molecular weight excluding hydrogens is 187 g/mol. The second-order valence-corrected chi connectivity index (χ2v) is 6.43. The third kappa shape index (κ3) is 4.26. The van der Waals surface area contributed by atoms with Gasteiger partial charge in [0.05, 0.1) is 13.2 Å². The van der Waals surface area contributed by atoms with Crippen molar-refractivity contribution in [1.82, 2.24) is 0 Å². The molecule has 1 heterocycles. The molecule has 2 unspecified atom stereocenters. The SMILES string of the molecule is CCCCP(=O)(CC)OCC1CO1. The van der Waals surface area contributed by atoms with Crippen LogP contribution < -0.4 is 0 Å². The van der Waals surface area contributed by atoms with Crippen LogP contribution in [0.15, 0.2) is 0 Å². The first kappa shape index (κ1) is 11.2. The van der Waals surface area contributed by atoms with Crippen molar-refractivity contribution < 1.29 is 13.8 Å². The summed E-state index contributed by atoms with van der Waals surface area (Å²) in [6, 6.07) is 0. The van der Waals surface area contributed by atoms with Crippen LogP contribution in [0, 0.1) is 0 Å². The predicted octanol–water partition coefficient (Wildman–Crippen LogP) is 2.50. The van der Waals surface area contributed by atoms with Crippen LogP contribution in [0.2, 0.25) is 0 Å². The standard InChI is InChI=1S/C9H19O3P/c1-3-5-6-13(10,4-2)12-8-9-7-11-9/h9H,3-8H2,1-2H3. The van der Waals surface area contributed by atoms with Crippen LogP contribution in [-0.4, -0.2) is 31.6 Å². The van der Waals surface area contributed by atoms with Gasteiger partial charge in [-0.25, -0.2) is 0 Å². The number of hydrogen-bond acceptors (Lipinski definition) is 3. The van der Waals surface area contributed by atoms with Crippen LogP contribution in [0.5, 0.6) is 0 Å². The third-order valence-electron chi connectivity index (χ3n) is 2.23. The fourth-order valence-corrected chi connectivity index (χ4v) is 2.96. The maximum Gasteiger partial charge on any atom is 0.202 e. The molecule has 1 aliphatic heterocycles. The molecule has 0 aromatic carbocycles. The maximum absolute atomic E-state index is 12.0. The zero-order chi connectivity index (χ0) is 9.73. The zero-order valence-corrected chi connectivity index (χ0v) is 9.39. The Hall–Kier alpha value is 0.150. The number of epoxide rings is 1. The molecule has 78 valence electrons. The normalized spacial score (nSPS) is 25.5. The molecule has 0 spiro atoms. The molecule has 0 aliphatic carbocycles. The lowest BCUT2D eigenvalue weighted by Gasteiger charge is -2.15. The lowest BCUT2D eigenvalue weighted by atomic mass is 10.4. The van der Waals surface area contributed by atoms with E-state index in [0.717, 1.165) is 25.6 Å². The van der Waals surface area contributed by atoms with E-state index in [1.165, 1.54) is 0 Å². The summed E-state index contributed by atoms with van der Waals surface area (Å²) in [5.74, 6) is 0. The highest BCUT2D eigenvalue weighted by molar-refractivity contribution is 7.58. The Morgan fingerprint density at radius 3 is 2.69 bits per heavy atom. The van der Waals surface area contributed by atoms with E-state index in [0.29, 0.717) is 12.8 Å². The molecular formula is C9H19O3P. The summed E-state index contributed by atoms with van der Waals surface area (Å²) in [7, 11) is -2.31. The minimum absolute atomic E-state index is 0.224. The van der Waals surface area contributed by atoms with E-state index in [2.05, 4.69) is 6.92 Å². The fraction of sp³-hybridized carbons (Fsp3) is 1.00. The molecule has 0 saturated carbocycles. The van der Waals surface area contributed by atoms with Gasteiger partial charge in [0.2, 0.25) is 7.37 Å². The number of hydrogen-bond donors (Lipinski definition) is 0. The van der Waals surface area contributed by atoms with Crippen molar-refractivity contribution in [2.75, 3.05) is 25.5 Å². The number of unbranched alkanes of at least 4 members (excludes halogenated alkanes) is 1. The van der Waals surface area contributed by atoms with Crippen LogP contribution >= 0.6 is 7.37 Å². The molecule has 1 fully saturated rings. The Balaban J connectivity index is 2.23. The van der Waals surface area contributed by atoms with Gasteiger partial charge in [0, 0.05) is 12.3 Å². The van der Waals surface area contributed by atoms with Crippen molar-refractivity contribution in [3.05, 3.63) is 0 Å². The molecule has 1 saturated heterocycles. The van der Waals surface area contributed by atoms with Crippen molar-refractivity contribution >= 4 is 7.37 Å². The van der Waals surface area contributed by atoms with E-state index in [4.69, 9.17) is 9.26 Å². The van der Waals surface area contributed by atoms with Crippen molar-refractivity contribution in [2.45, 2.75) is 32.8 Å². The Morgan fingerprint density at radius 1 is 1.54 bits per heavy atom. The van der Waals surface area contributed by atoms with Gasteiger partial charge in [-0.2, -0.15) is 0 Å². The van der Waals surface area contributed by atoms with Crippen LogP contribution in [0.1, 0.15) is 26.7 Å². The van der Waals surface area contributed by atoms with Gasteiger partial charge < -0.3 is 9.26 Å². The average molecular weight is 206 g/mol. The highest BCUT2D eigenvalue weighted by Gasteiger charge is 2.27. The molecule has 0 aromatic heterocycles. The van der Waals surface area contributed by atoms with E-state index >= 15 is 0 Å². The first-order valence-corrected chi connectivity index (χ1v) is 7.04. The van der Waals surface area contributed by atoms with Crippen molar-refractivity contribution in [3.8, 4) is 0 Å². The van der Waals surface area contributed by atoms with Crippen LogP contribution in [0.3, 0.4) is 0 Å². The summed E-state index contributed by atoms with van der Waals surface area (Å²) in [5.41, 5.74) is 0. The van der Waals surface area contributed by atoms with E-state index in [-0.39, 0.29) is 6.10 Å². The summed E-state index contributed by atoms with van der Waals surface area (Å²) < 4.78 is 22.4. The van der Waals surface area contributed by atoms with Crippen molar-refractivity contribution in [3.63, 3.8) is 0 Å². The van der Waals surface area contributed by atoms with E-state index < -0.39 is 7.37 Å². The van der Waals surface area contributed by atoms with Crippen LogP contribution in [0.25, 0.3) is 0 Å². The number of ether oxygens (including phenoxy) is 1. The summed E-state index contributed by atoms with van der Waals surface area (Å²) in [6.45, 7) is 5.33. The fourth-order valence-electron chi connectivity index (χ4n) is 1.10. The van der Waals surface area contributed by atoms with Crippen LogP contribution in [0.4, 0.5) is 0 Å². The number of rotatable bonds is 7. The molecule has 0 radical (unpaired) electrons. The highest BCUT2D eigenvalue weighted by Crippen LogP contribution is 2.47. The minimum Gasteiger partial charge on any atom is -0.371 e. The van der Waals surface area contributed by atoms with Crippen molar-refractivity contribution in [2.24, 2.45) is 0 Å². The third-order valence-corrected chi connectivity index (χ3v) is 4.81. The zero-order valence-electron chi connectivity index (χ0n) is 8.49. The topological polar surface area (TPSA) is 38.8 Å². The Bertz CT molecular complexity index is 189. The quantitative estimate of drug-likeness (QED) is 0.474. The Morgan fingerprint density at radius 2 is 2.23 bits per heavy atom. The van der Waals surface area contributed by atoms with Gasteiger partial charge in [0.25, 0.3) is 0 Å². The molecule has 0 N–H and O–H groups in total. The van der Waals surface area contributed by atoms with Gasteiger partial charge in [0.15, 0.2) is 0 Å². The summed E-state index contributed by atoms with van der Waals surface area (Å²) in [6.07, 6.45) is 3.68. The summed E-state index contributed by atoms with van der Waals surface area (Å²) >= 11 is 0. The molecule has 1 aliphatic rings. The maximum atomic E-state index is 12.0. The predicted molar refractivity (Wildman–Crippen MR) is 53.6 cm³/mol. The van der Waals surface area contributed by atoms with Crippen molar-refractivity contribution in [1.29, 1.82) is 0 Å². The lowest BCUT2D eigenvalue weighted by Crippen LogP contribution is -2.04. The second kappa shape index (κ2) is 5.14. The smallest absolute Gasteiger partial charge is 0.202 e. The van der Waals surface area contributed by atoms with Gasteiger partial charge in [-0.15, -0.1) is 0 Å². The molecule has 4 heteroatoms. The molecule has 2 atom stereocenters. The molecule has 0 aromatic rings. The highest BCUT2D eigenvalue weighted by atomic mass is 31.2. The second-order valence-electron chi connectivity index (χ2n) is 3.46. The Labute approximate surface area is 80.3 Å². The molecule has 0 bridgehead atoms. The Kier molecular flexibility index (Phi) is 4.43. The van der Waals surface area contributed by atoms with Gasteiger partial charge in [-0.05, 0) is 6.42 Å². The molecule has 1 rings (SSSR count). The van der Waals surface area contributed by atoms with Gasteiger partial charge in [-0.1, -0.05) is 20.3 Å². The first-order chi connectivity index (χ1) is 6.20. The van der Waals surface area contributed by atoms with Gasteiger partial charge in [0.1, 0.15) is 6.10 Å². The summed E-state index contributed by atoms with van der Waals surface area (Å²) in [5, 5.41) is 0. The summed E-state index contributed by atoms with van der Waals surface area (Å²) in [4.78, 5) is 0. The largest absolute Gasteiger partial charge is 0.371 e. The van der Waals surface area contributed by atoms with Crippen LogP contribution in [-0.2, 0) is 13.8 Å². The van der Waals surface area contributed by atoms with Gasteiger partial charge >= 0.3 is 0 Å².